The van der Waals surface area contributed by atoms with Gasteiger partial charge in [-0.2, -0.15) is 0 Å². The molecule has 7 heteroatoms. The van der Waals surface area contributed by atoms with Gasteiger partial charge >= 0.3 is 0 Å². The Balaban J connectivity index is 2.46. The van der Waals surface area contributed by atoms with Crippen molar-refractivity contribution in [3.63, 3.8) is 0 Å². The summed E-state index contributed by atoms with van der Waals surface area (Å²) in [6.07, 6.45) is 1.69. The maximum Gasteiger partial charge on any atom is 0.243 e. The molecule has 1 aromatic rings. The van der Waals surface area contributed by atoms with Crippen molar-refractivity contribution in [2.24, 2.45) is 0 Å². The fourth-order valence-electron chi connectivity index (χ4n) is 2.12. The van der Waals surface area contributed by atoms with Crippen molar-refractivity contribution >= 4 is 35.0 Å². The minimum absolute atomic E-state index is 0.103. The first kappa shape index (κ1) is 21.0. The van der Waals surface area contributed by atoms with Crippen LogP contribution in [0.1, 0.15) is 32.3 Å². The molecular weight excluding hydrogens is 342 g/mol. The van der Waals surface area contributed by atoms with Gasteiger partial charge in [0.05, 0.1) is 13.1 Å². The predicted molar refractivity (Wildman–Crippen MR) is 99.6 cm³/mol. The molecule has 0 aliphatic rings. The number of nitrogens with zero attached hydrogens (tertiary/aromatic N) is 1. The summed E-state index contributed by atoms with van der Waals surface area (Å²) in [7, 11) is 0. The lowest BCUT2D eigenvalue weighted by atomic mass is 10.2. The Hall–Kier alpha value is -2.08. The average Bonchev–Trinajstić information content (AvgIpc) is 2.58. The smallest absolute Gasteiger partial charge is 0.243 e. The second-order valence-electron chi connectivity index (χ2n) is 5.92. The summed E-state index contributed by atoms with van der Waals surface area (Å²) < 4.78 is 0. The van der Waals surface area contributed by atoms with Gasteiger partial charge < -0.3 is 15.5 Å². The largest absolute Gasteiger partial charge is 0.345 e. The maximum atomic E-state index is 12.0. The van der Waals surface area contributed by atoms with Gasteiger partial charge in [-0.05, 0) is 32.4 Å². The summed E-state index contributed by atoms with van der Waals surface area (Å²) in [5.41, 5.74) is 1.76. The third kappa shape index (κ3) is 8.03. The molecule has 25 heavy (non-hydrogen) atoms. The van der Waals surface area contributed by atoms with E-state index in [1.54, 1.807) is 19.1 Å². The minimum atomic E-state index is -0.686. The van der Waals surface area contributed by atoms with Crippen LogP contribution in [-0.4, -0.2) is 47.6 Å². The lowest BCUT2D eigenvalue weighted by Gasteiger charge is -2.23. The first-order chi connectivity index (χ1) is 11.8. The van der Waals surface area contributed by atoms with Crippen LogP contribution in [0, 0.1) is 6.92 Å². The third-order valence-electron chi connectivity index (χ3n) is 3.55. The van der Waals surface area contributed by atoms with Gasteiger partial charge in [0, 0.05) is 12.2 Å². The molecule has 0 aliphatic heterocycles. The third-order valence-corrected chi connectivity index (χ3v) is 3.74. The number of alkyl halides is 1. The molecule has 1 atom stereocenters. The molecule has 0 radical (unpaired) electrons. The van der Waals surface area contributed by atoms with E-state index in [2.05, 4.69) is 10.6 Å². The Bertz CT molecular complexity index is 588. The second-order valence-corrected chi connectivity index (χ2v) is 6.57. The molecule has 1 unspecified atom stereocenters. The number of unbranched alkanes of at least 4 members (excludes halogenated alkanes) is 1. The van der Waals surface area contributed by atoms with E-state index < -0.39 is 5.38 Å². The summed E-state index contributed by atoms with van der Waals surface area (Å²) >= 11 is 5.83. The van der Waals surface area contributed by atoms with Crippen LogP contribution in [0.25, 0.3) is 0 Å². The number of carbonyl (C=O) groups excluding carboxylic acids is 3. The highest BCUT2D eigenvalue weighted by molar-refractivity contribution is 6.30. The van der Waals surface area contributed by atoms with Crippen molar-refractivity contribution in [1.29, 1.82) is 0 Å². The van der Waals surface area contributed by atoms with Gasteiger partial charge in [-0.15, -0.1) is 11.6 Å². The Morgan fingerprint density at radius 3 is 2.36 bits per heavy atom. The molecule has 6 nitrogen and oxygen atoms in total. The van der Waals surface area contributed by atoms with E-state index in [-0.39, 0.29) is 30.8 Å². The number of hydrogen-bond donors (Lipinski definition) is 2. The highest BCUT2D eigenvalue weighted by atomic mass is 35.5. The Kier molecular flexibility index (Phi) is 8.99. The second kappa shape index (κ2) is 10.7. The molecule has 0 heterocycles. The van der Waals surface area contributed by atoms with Crippen LogP contribution in [0.15, 0.2) is 24.3 Å². The van der Waals surface area contributed by atoms with E-state index in [0.29, 0.717) is 12.2 Å². The van der Waals surface area contributed by atoms with E-state index >= 15 is 0 Å². The molecule has 0 aromatic heterocycles. The van der Waals surface area contributed by atoms with Gasteiger partial charge in [-0.25, -0.2) is 0 Å². The number of benzene rings is 1. The fourth-order valence-corrected chi connectivity index (χ4v) is 2.26. The van der Waals surface area contributed by atoms with Gasteiger partial charge in [0.25, 0.3) is 0 Å². The molecule has 0 fully saturated rings. The molecule has 2 N–H and O–H groups in total. The number of rotatable bonds is 9. The predicted octanol–water partition coefficient (Wildman–Crippen LogP) is 2.31. The van der Waals surface area contributed by atoms with Gasteiger partial charge in [-0.3, -0.25) is 14.4 Å². The maximum absolute atomic E-state index is 12.0. The molecular formula is C18H26ClN3O3. The Morgan fingerprint density at radius 2 is 1.80 bits per heavy atom. The average molecular weight is 368 g/mol. The van der Waals surface area contributed by atoms with E-state index in [0.717, 1.165) is 18.4 Å². The molecule has 0 saturated heterocycles. The number of nitrogens with one attached hydrogen (secondary N) is 2. The molecule has 0 spiro atoms. The highest BCUT2D eigenvalue weighted by Gasteiger charge is 2.20. The monoisotopic (exact) mass is 367 g/mol. The highest BCUT2D eigenvalue weighted by Crippen LogP contribution is 2.08. The topological polar surface area (TPSA) is 78.5 Å². The lowest BCUT2D eigenvalue weighted by molar-refractivity contribution is -0.135. The van der Waals surface area contributed by atoms with Crippen LogP contribution in [-0.2, 0) is 14.4 Å². The molecule has 0 saturated carbocycles. The quantitative estimate of drug-likeness (QED) is 0.657. The summed E-state index contributed by atoms with van der Waals surface area (Å²) in [5, 5.41) is 4.54. The normalized spacial score (nSPS) is 11.5. The van der Waals surface area contributed by atoms with E-state index in [9.17, 15) is 14.4 Å². The van der Waals surface area contributed by atoms with Gasteiger partial charge in [0.1, 0.15) is 5.38 Å². The van der Waals surface area contributed by atoms with Crippen LogP contribution >= 0.6 is 11.6 Å². The molecule has 3 amide bonds. The van der Waals surface area contributed by atoms with E-state index in [4.69, 9.17) is 11.6 Å². The van der Waals surface area contributed by atoms with E-state index in [1.807, 2.05) is 26.0 Å². The van der Waals surface area contributed by atoms with Crippen molar-refractivity contribution in [3.8, 4) is 0 Å². The number of hydrogen-bond acceptors (Lipinski definition) is 3. The number of amides is 3. The number of aryl methyl sites for hydroxylation is 1. The van der Waals surface area contributed by atoms with Crippen LogP contribution in [0.2, 0.25) is 0 Å². The van der Waals surface area contributed by atoms with Crippen LogP contribution in [0.5, 0.6) is 0 Å². The molecule has 138 valence electrons. The number of halogens is 1. The molecule has 0 bridgehead atoms. The van der Waals surface area contributed by atoms with Crippen molar-refractivity contribution in [1.82, 2.24) is 10.2 Å². The van der Waals surface area contributed by atoms with Crippen molar-refractivity contribution in [3.05, 3.63) is 29.8 Å². The van der Waals surface area contributed by atoms with Crippen molar-refractivity contribution < 1.29 is 14.4 Å². The molecule has 1 rings (SSSR count). The van der Waals surface area contributed by atoms with Gasteiger partial charge in [-0.1, -0.05) is 31.0 Å². The zero-order valence-corrected chi connectivity index (χ0v) is 15.7. The van der Waals surface area contributed by atoms with E-state index in [1.165, 1.54) is 4.90 Å². The summed E-state index contributed by atoms with van der Waals surface area (Å²) in [6, 6.07) is 7.36. The Morgan fingerprint density at radius 1 is 1.16 bits per heavy atom. The summed E-state index contributed by atoms with van der Waals surface area (Å²) in [5.74, 6) is -0.996. The zero-order chi connectivity index (χ0) is 18.8. The molecule has 1 aromatic carbocycles. The summed E-state index contributed by atoms with van der Waals surface area (Å²) in [4.78, 5) is 37.3. The van der Waals surface area contributed by atoms with Gasteiger partial charge in [0.15, 0.2) is 0 Å². The number of carbonyl (C=O) groups is 3. The van der Waals surface area contributed by atoms with Crippen LogP contribution in [0.3, 0.4) is 0 Å². The first-order valence-corrected chi connectivity index (χ1v) is 8.83. The van der Waals surface area contributed by atoms with Crippen molar-refractivity contribution in [2.75, 3.05) is 25.0 Å². The zero-order valence-electron chi connectivity index (χ0n) is 15.0. The van der Waals surface area contributed by atoms with Crippen molar-refractivity contribution in [2.45, 2.75) is 39.0 Å². The number of anilines is 1. The minimum Gasteiger partial charge on any atom is -0.345 e. The SMILES string of the molecule is CCCCN(CC(=O)NCC(=O)Nc1ccc(C)cc1)C(=O)C(C)Cl. The standard InChI is InChI=1S/C18H26ClN3O3/c1-4-5-10-22(18(25)14(3)19)12-17(24)20-11-16(23)21-15-8-6-13(2)7-9-15/h6-9,14H,4-5,10-12H2,1-3H3,(H,20,24)(H,21,23). The first-order valence-electron chi connectivity index (χ1n) is 8.39. The molecule has 0 aliphatic carbocycles. The van der Waals surface area contributed by atoms with Gasteiger partial charge in [0.2, 0.25) is 17.7 Å². The Labute approximate surface area is 153 Å². The van der Waals surface area contributed by atoms with Crippen LogP contribution in [0.4, 0.5) is 5.69 Å². The fraction of sp³-hybridized carbons (Fsp3) is 0.500. The van der Waals surface area contributed by atoms with Crippen LogP contribution < -0.4 is 10.6 Å². The summed E-state index contributed by atoms with van der Waals surface area (Å²) in [6.45, 7) is 5.75. The lowest BCUT2D eigenvalue weighted by Crippen LogP contribution is -2.45.